The first-order chi connectivity index (χ1) is 9.92. The van der Waals surface area contributed by atoms with Gasteiger partial charge in [-0.1, -0.05) is 6.07 Å². The van der Waals surface area contributed by atoms with Gasteiger partial charge in [-0.25, -0.2) is 8.42 Å². The number of benzene rings is 1. The van der Waals surface area contributed by atoms with E-state index in [2.05, 4.69) is 5.32 Å². The van der Waals surface area contributed by atoms with Crippen molar-refractivity contribution in [2.75, 3.05) is 12.3 Å². The molecule has 0 fully saturated rings. The fourth-order valence-electron chi connectivity index (χ4n) is 2.49. The minimum Gasteiger partial charge on any atom is -0.352 e. The first-order valence-electron chi connectivity index (χ1n) is 7.26. The summed E-state index contributed by atoms with van der Waals surface area (Å²) in [7, 11) is -3.41. The number of rotatable bonds is 6. The zero-order valence-electron chi connectivity index (χ0n) is 12.7. The van der Waals surface area contributed by atoms with E-state index in [4.69, 9.17) is 5.73 Å². The number of hydrogen-bond donors (Lipinski definition) is 2. The molecule has 124 valence electrons. The Morgan fingerprint density at radius 1 is 1.32 bits per heavy atom. The average molecular weight is 347 g/mol. The molecular formula is C15H23ClN2O3S. The Morgan fingerprint density at radius 2 is 2.00 bits per heavy atom. The first-order valence-corrected chi connectivity index (χ1v) is 8.91. The number of carbonyl (C=O) groups is 1. The molecule has 7 heteroatoms. The number of nitrogens with two attached hydrogens (primary N) is 1. The fraction of sp³-hybridized carbons (Fsp3) is 0.533. The lowest BCUT2D eigenvalue weighted by Gasteiger charge is -2.11. The minimum atomic E-state index is -3.41. The lowest BCUT2D eigenvalue weighted by Crippen LogP contribution is -2.38. The average Bonchev–Trinajstić information content (AvgIpc) is 2.92. The van der Waals surface area contributed by atoms with E-state index in [1.54, 1.807) is 19.1 Å². The molecule has 0 heterocycles. The minimum absolute atomic E-state index is 0. The van der Waals surface area contributed by atoms with Crippen molar-refractivity contribution in [1.29, 1.82) is 0 Å². The molecular weight excluding hydrogens is 324 g/mol. The Morgan fingerprint density at radius 3 is 2.68 bits per heavy atom. The van der Waals surface area contributed by atoms with Crippen molar-refractivity contribution in [2.45, 2.75) is 43.5 Å². The van der Waals surface area contributed by atoms with Gasteiger partial charge in [-0.2, -0.15) is 0 Å². The van der Waals surface area contributed by atoms with Gasteiger partial charge in [-0.05, 0) is 49.4 Å². The van der Waals surface area contributed by atoms with Crippen LogP contribution in [0.25, 0.3) is 0 Å². The summed E-state index contributed by atoms with van der Waals surface area (Å²) in [5, 5.41) is 2.67. The molecule has 0 bridgehead atoms. The molecule has 22 heavy (non-hydrogen) atoms. The van der Waals surface area contributed by atoms with Crippen LogP contribution >= 0.6 is 12.4 Å². The molecule has 2 rings (SSSR count). The van der Waals surface area contributed by atoms with Crippen LogP contribution in [0.4, 0.5) is 0 Å². The molecule has 0 radical (unpaired) electrons. The number of aryl methyl sites for hydroxylation is 2. The van der Waals surface area contributed by atoms with E-state index < -0.39 is 9.84 Å². The van der Waals surface area contributed by atoms with Gasteiger partial charge in [-0.15, -0.1) is 12.4 Å². The third-order valence-corrected chi connectivity index (χ3v) is 5.50. The van der Waals surface area contributed by atoms with Gasteiger partial charge in [0.25, 0.3) is 0 Å². The summed E-state index contributed by atoms with van der Waals surface area (Å²) >= 11 is 0. The van der Waals surface area contributed by atoms with Crippen LogP contribution in [0, 0.1) is 0 Å². The van der Waals surface area contributed by atoms with Crippen molar-refractivity contribution in [3.63, 3.8) is 0 Å². The molecule has 1 atom stereocenters. The highest BCUT2D eigenvalue weighted by molar-refractivity contribution is 7.91. The second-order valence-corrected chi connectivity index (χ2v) is 7.67. The number of amides is 1. The van der Waals surface area contributed by atoms with Crippen LogP contribution in [0.1, 0.15) is 30.9 Å². The van der Waals surface area contributed by atoms with Gasteiger partial charge in [-0.3, -0.25) is 4.79 Å². The fourth-order valence-corrected chi connectivity index (χ4v) is 3.78. The van der Waals surface area contributed by atoms with E-state index in [1.165, 1.54) is 5.56 Å². The van der Waals surface area contributed by atoms with Crippen molar-refractivity contribution in [1.82, 2.24) is 5.32 Å². The molecule has 0 saturated carbocycles. The molecule has 3 N–H and O–H groups in total. The number of fused-ring (bicyclic) bond motifs is 1. The normalized spacial score (nSPS) is 14.8. The molecule has 1 aromatic carbocycles. The van der Waals surface area contributed by atoms with Crippen LogP contribution < -0.4 is 11.1 Å². The Labute approximate surface area is 138 Å². The zero-order chi connectivity index (χ0) is 15.5. The molecule has 0 saturated heterocycles. The number of hydrogen-bond acceptors (Lipinski definition) is 4. The van der Waals surface area contributed by atoms with Crippen molar-refractivity contribution in [2.24, 2.45) is 5.73 Å². The van der Waals surface area contributed by atoms with E-state index in [9.17, 15) is 13.2 Å². The Hall–Kier alpha value is -1.11. The molecule has 1 aliphatic rings. The van der Waals surface area contributed by atoms with Gasteiger partial charge in [0.2, 0.25) is 5.91 Å². The van der Waals surface area contributed by atoms with Gasteiger partial charge in [0.05, 0.1) is 10.6 Å². The van der Waals surface area contributed by atoms with Crippen LogP contribution in [0.2, 0.25) is 0 Å². The monoisotopic (exact) mass is 346 g/mol. The predicted molar refractivity (Wildman–Crippen MR) is 89.0 cm³/mol. The molecule has 0 unspecified atom stereocenters. The van der Waals surface area contributed by atoms with Crippen LogP contribution in [0.15, 0.2) is 23.1 Å². The lowest BCUT2D eigenvalue weighted by molar-refractivity contribution is -0.121. The second kappa shape index (κ2) is 7.94. The number of halogens is 1. The van der Waals surface area contributed by atoms with Gasteiger partial charge >= 0.3 is 0 Å². The largest absolute Gasteiger partial charge is 0.352 e. The molecule has 1 aliphatic carbocycles. The smallest absolute Gasteiger partial charge is 0.221 e. The van der Waals surface area contributed by atoms with Gasteiger partial charge in [0.1, 0.15) is 0 Å². The maximum Gasteiger partial charge on any atom is 0.221 e. The number of sulfone groups is 1. The van der Waals surface area contributed by atoms with Crippen LogP contribution in [0.5, 0.6) is 0 Å². The Bertz CT molecular complexity index is 632. The Balaban J connectivity index is 0.00000242. The highest BCUT2D eigenvalue weighted by Crippen LogP contribution is 2.25. The Kier molecular flexibility index (Phi) is 6.84. The quantitative estimate of drug-likeness (QED) is 0.810. The SMILES string of the molecule is C[C@@H](CN)NC(=O)CCS(=O)(=O)c1ccc2c(c1)CCC2.Cl. The summed E-state index contributed by atoms with van der Waals surface area (Å²) in [6.45, 7) is 2.12. The van der Waals surface area contributed by atoms with Crippen molar-refractivity contribution < 1.29 is 13.2 Å². The summed E-state index contributed by atoms with van der Waals surface area (Å²) in [6, 6.07) is 5.17. The molecule has 0 spiro atoms. The van der Waals surface area contributed by atoms with E-state index in [-0.39, 0.29) is 36.5 Å². The highest BCUT2D eigenvalue weighted by atomic mass is 35.5. The van der Waals surface area contributed by atoms with Crippen LogP contribution in [-0.2, 0) is 27.5 Å². The summed E-state index contributed by atoms with van der Waals surface area (Å²) < 4.78 is 24.6. The number of nitrogens with one attached hydrogen (secondary N) is 1. The van der Waals surface area contributed by atoms with Gasteiger partial charge < -0.3 is 11.1 Å². The standard InChI is InChI=1S/C15H22N2O3S.ClH/c1-11(10-16)17-15(18)7-8-21(19,20)14-6-5-12-3-2-4-13(12)9-14;/h5-6,9,11H,2-4,7-8,10,16H2,1H3,(H,17,18);1H/t11-;/m0./s1. The predicted octanol–water partition coefficient (Wildman–Crippen LogP) is 1.22. The third kappa shape index (κ3) is 4.69. The maximum atomic E-state index is 12.3. The topological polar surface area (TPSA) is 89.3 Å². The van der Waals surface area contributed by atoms with Crippen molar-refractivity contribution in [3.05, 3.63) is 29.3 Å². The zero-order valence-corrected chi connectivity index (χ0v) is 14.3. The summed E-state index contributed by atoms with van der Waals surface area (Å²) in [6.07, 6.45) is 3.00. The summed E-state index contributed by atoms with van der Waals surface area (Å²) in [4.78, 5) is 12.0. The molecule has 1 amide bonds. The van der Waals surface area contributed by atoms with Crippen molar-refractivity contribution in [3.8, 4) is 0 Å². The van der Waals surface area contributed by atoms with E-state index in [1.807, 2.05) is 6.07 Å². The van der Waals surface area contributed by atoms with E-state index in [0.29, 0.717) is 11.4 Å². The lowest BCUT2D eigenvalue weighted by atomic mass is 10.1. The second-order valence-electron chi connectivity index (χ2n) is 5.56. The number of carbonyl (C=O) groups excluding carboxylic acids is 1. The van der Waals surface area contributed by atoms with Gasteiger partial charge in [0, 0.05) is 19.0 Å². The molecule has 5 nitrogen and oxygen atoms in total. The molecule has 0 aliphatic heterocycles. The van der Waals surface area contributed by atoms with E-state index >= 15 is 0 Å². The van der Waals surface area contributed by atoms with Crippen molar-refractivity contribution >= 4 is 28.2 Å². The third-order valence-electron chi connectivity index (χ3n) is 3.79. The van der Waals surface area contributed by atoms with E-state index in [0.717, 1.165) is 24.8 Å². The van der Waals surface area contributed by atoms with Gasteiger partial charge in [0.15, 0.2) is 9.84 Å². The summed E-state index contributed by atoms with van der Waals surface area (Å²) in [5.74, 6) is -0.452. The van der Waals surface area contributed by atoms with Crippen LogP contribution in [0.3, 0.4) is 0 Å². The maximum absolute atomic E-state index is 12.3. The van der Waals surface area contributed by atoms with Crippen LogP contribution in [-0.4, -0.2) is 32.7 Å². The summed E-state index contributed by atoms with van der Waals surface area (Å²) in [5.41, 5.74) is 7.77. The first kappa shape index (κ1) is 18.9. The highest BCUT2D eigenvalue weighted by Gasteiger charge is 2.20. The molecule has 1 aromatic rings. The molecule has 0 aromatic heterocycles.